The third kappa shape index (κ3) is 4.81. The molecule has 0 aliphatic rings. The van der Waals surface area contributed by atoms with E-state index in [9.17, 15) is 9.59 Å². The van der Waals surface area contributed by atoms with Gasteiger partial charge in [0.05, 0.1) is 16.6 Å². The van der Waals surface area contributed by atoms with Gasteiger partial charge in [-0.1, -0.05) is 57.9 Å². The van der Waals surface area contributed by atoms with Gasteiger partial charge >= 0.3 is 5.97 Å². The van der Waals surface area contributed by atoms with Crippen LogP contribution in [0.4, 0.5) is 0 Å². The minimum Gasteiger partial charge on any atom is -0.452 e. The van der Waals surface area contributed by atoms with Crippen molar-refractivity contribution in [2.24, 2.45) is 0 Å². The first kappa shape index (κ1) is 17.5. The largest absolute Gasteiger partial charge is 0.452 e. The summed E-state index contributed by atoms with van der Waals surface area (Å²) in [6, 6.07) is 13.9. The van der Waals surface area contributed by atoms with Crippen LogP contribution in [0.2, 0.25) is 5.02 Å². The molecule has 0 saturated heterocycles. The van der Waals surface area contributed by atoms with Gasteiger partial charge in [-0.2, -0.15) is 0 Å². The van der Waals surface area contributed by atoms with Gasteiger partial charge in [0.2, 0.25) is 0 Å². The minimum atomic E-state index is -0.626. The molecule has 120 valence electrons. The molecule has 0 fully saturated rings. The molecule has 1 amide bonds. The van der Waals surface area contributed by atoms with Crippen LogP contribution in [0.1, 0.15) is 28.9 Å². The van der Waals surface area contributed by atoms with Crippen molar-refractivity contribution < 1.29 is 14.3 Å². The molecule has 1 atom stereocenters. The summed E-state index contributed by atoms with van der Waals surface area (Å²) in [5.74, 6) is -1.01. The number of nitrogens with one attached hydrogen (secondary N) is 1. The first-order chi connectivity index (χ1) is 11.0. The van der Waals surface area contributed by atoms with Gasteiger partial charge in [-0.3, -0.25) is 4.79 Å². The van der Waals surface area contributed by atoms with Crippen LogP contribution < -0.4 is 5.32 Å². The van der Waals surface area contributed by atoms with Gasteiger partial charge in [0, 0.05) is 4.47 Å². The summed E-state index contributed by atoms with van der Waals surface area (Å²) in [5.41, 5.74) is 1.18. The molecule has 2 aromatic rings. The molecule has 0 aliphatic carbocycles. The molecule has 0 spiro atoms. The van der Waals surface area contributed by atoms with Crippen LogP contribution in [-0.2, 0) is 9.53 Å². The van der Waals surface area contributed by atoms with Gasteiger partial charge < -0.3 is 10.1 Å². The Labute approximate surface area is 147 Å². The number of hydrogen-bond acceptors (Lipinski definition) is 3. The lowest BCUT2D eigenvalue weighted by atomic mass is 10.1. The molecule has 0 radical (unpaired) electrons. The topological polar surface area (TPSA) is 55.4 Å². The molecule has 2 rings (SSSR count). The smallest absolute Gasteiger partial charge is 0.340 e. The number of carbonyl (C=O) groups excluding carboxylic acids is 2. The summed E-state index contributed by atoms with van der Waals surface area (Å²) >= 11 is 9.35. The number of rotatable bonds is 5. The van der Waals surface area contributed by atoms with E-state index in [0.717, 1.165) is 10.0 Å². The van der Waals surface area contributed by atoms with Crippen molar-refractivity contribution in [1.82, 2.24) is 5.32 Å². The van der Waals surface area contributed by atoms with Gasteiger partial charge in [0.15, 0.2) is 6.61 Å². The molecule has 1 N–H and O–H groups in total. The normalized spacial score (nSPS) is 11.6. The molecular formula is C17H15BrClNO3. The standard InChI is InChI=1S/C17H15BrClNO3/c1-11(12-6-2-4-8-14(12)18)20-16(21)10-23-17(22)13-7-3-5-9-15(13)19/h2-9,11H,10H2,1H3,(H,20,21)/t11-/m0/s1. The van der Waals surface area contributed by atoms with E-state index in [2.05, 4.69) is 21.2 Å². The molecular weight excluding hydrogens is 382 g/mol. The number of ether oxygens (including phenoxy) is 1. The number of amides is 1. The molecule has 0 bridgehead atoms. The highest BCUT2D eigenvalue weighted by atomic mass is 79.9. The first-order valence-corrected chi connectivity index (χ1v) is 8.11. The third-order valence-corrected chi connectivity index (χ3v) is 4.23. The molecule has 23 heavy (non-hydrogen) atoms. The van der Waals surface area contributed by atoms with Crippen molar-refractivity contribution in [2.45, 2.75) is 13.0 Å². The highest BCUT2D eigenvalue weighted by Gasteiger charge is 2.15. The second-order valence-electron chi connectivity index (χ2n) is 4.87. The Morgan fingerprint density at radius 2 is 1.83 bits per heavy atom. The zero-order valence-electron chi connectivity index (χ0n) is 12.4. The fourth-order valence-corrected chi connectivity index (χ4v) is 2.86. The van der Waals surface area contributed by atoms with E-state index in [1.54, 1.807) is 24.3 Å². The van der Waals surface area contributed by atoms with Gasteiger partial charge in [-0.05, 0) is 30.7 Å². The van der Waals surface area contributed by atoms with Crippen molar-refractivity contribution in [3.8, 4) is 0 Å². The van der Waals surface area contributed by atoms with E-state index >= 15 is 0 Å². The fourth-order valence-electron chi connectivity index (χ4n) is 2.02. The minimum absolute atomic E-state index is 0.211. The summed E-state index contributed by atoms with van der Waals surface area (Å²) in [6.07, 6.45) is 0. The van der Waals surface area contributed by atoms with Crippen molar-refractivity contribution in [3.05, 3.63) is 69.2 Å². The lowest BCUT2D eigenvalue weighted by Gasteiger charge is -2.16. The highest BCUT2D eigenvalue weighted by Crippen LogP contribution is 2.22. The van der Waals surface area contributed by atoms with Gasteiger partial charge in [0.25, 0.3) is 5.91 Å². The molecule has 0 saturated carbocycles. The van der Waals surface area contributed by atoms with Crippen LogP contribution in [0.3, 0.4) is 0 Å². The molecule has 0 unspecified atom stereocenters. The average molecular weight is 397 g/mol. The molecule has 0 aliphatic heterocycles. The summed E-state index contributed by atoms with van der Waals surface area (Å²) < 4.78 is 5.89. The maximum atomic E-state index is 11.9. The maximum absolute atomic E-state index is 11.9. The van der Waals surface area contributed by atoms with Crippen LogP contribution in [0, 0.1) is 0 Å². The number of carbonyl (C=O) groups is 2. The average Bonchev–Trinajstić information content (AvgIpc) is 2.53. The zero-order valence-corrected chi connectivity index (χ0v) is 14.7. The molecule has 0 heterocycles. The SMILES string of the molecule is C[C@H](NC(=O)COC(=O)c1ccccc1Cl)c1ccccc1Br. The molecule has 4 nitrogen and oxygen atoms in total. The van der Waals surface area contributed by atoms with Crippen LogP contribution in [0.15, 0.2) is 53.0 Å². The Balaban J connectivity index is 1.89. The van der Waals surface area contributed by atoms with Gasteiger partial charge in [-0.25, -0.2) is 4.79 Å². The Hall–Kier alpha value is -1.85. The monoisotopic (exact) mass is 395 g/mol. The lowest BCUT2D eigenvalue weighted by molar-refractivity contribution is -0.124. The quantitative estimate of drug-likeness (QED) is 0.773. The third-order valence-electron chi connectivity index (χ3n) is 3.18. The van der Waals surface area contributed by atoms with Crippen molar-refractivity contribution in [3.63, 3.8) is 0 Å². The number of benzene rings is 2. The van der Waals surface area contributed by atoms with Crippen LogP contribution in [-0.4, -0.2) is 18.5 Å². The Morgan fingerprint density at radius 1 is 1.17 bits per heavy atom. The Morgan fingerprint density at radius 3 is 2.52 bits per heavy atom. The van der Waals surface area contributed by atoms with Crippen molar-refractivity contribution in [1.29, 1.82) is 0 Å². The van der Waals surface area contributed by atoms with Crippen LogP contribution >= 0.6 is 27.5 Å². The first-order valence-electron chi connectivity index (χ1n) is 6.94. The zero-order chi connectivity index (χ0) is 16.8. The maximum Gasteiger partial charge on any atom is 0.340 e. The second kappa shape index (κ2) is 8.13. The number of esters is 1. The second-order valence-corrected chi connectivity index (χ2v) is 6.13. The highest BCUT2D eigenvalue weighted by molar-refractivity contribution is 9.10. The van der Waals surface area contributed by atoms with Crippen molar-refractivity contribution in [2.75, 3.05) is 6.61 Å². The van der Waals surface area contributed by atoms with E-state index < -0.39 is 5.97 Å². The van der Waals surface area contributed by atoms with Gasteiger partial charge in [-0.15, -0.1) is 0 Å². The predicted octanol–water partition coefficient (Wildman–Crippen LogP) is 4.14. The van der Waals surface area contributed by atoms with E-state index in [0.29, 0.717) is 5.02 Å². The predicted molar refractivity (Wildman–Crippen MR) is 92.4 cm³/mol. The number of halogens is 2. The fraction of sp³-hybridized carbons (Fsp3) is 0.176. The van der Waals surface area contributed by atoms with Crippen molar-refractivity contribution >= 4 is 39.4 Å². The van der Waals surface area contributed by atoms with E-state index in [1.165, 1.54) is 0 Å². The summed E-state index contributed by atoms with van der Waals surface area (Å²) in [4.78, 5) is 23.8. The van der Waals surface area contributed by atoms with Gasteiger partial charge in [0.1, 0.15) is 0 Å². The van der Waals surface area contributed by atoms with Crippen LogP contribution in [0.5, 0.6) is 0 Å². The summed E-state index contributed by atoms with van der Waals surface area (Å²) in [5, 5.41) is 3.07. The van der Waals surface area contributed by atoms with E-state index in [1.807, 2.05) is 31.2 Å². The summed E-state index contributed by atoms with van der Waals surface area (Å²) in [6.45, 7) is 1.49. The molecule has 6 heteroatoms. The lowest BCUT2D eigenvalue weighted by Crippen LogP contribution is -2.31. The Kier molecular flexibility index (Phi) is 6.19. The molecule has 0 aromatic heterocycles. The molecule has 2 aromatic carbocycles. The van der Waals surface area contributed by atoms with E-state index in [4.69, 9.17) is 16.3 Å². The number of hydrogen-bond donors (Lipinski definition) is 1. The van der Waals surface area contributed by atoms with Crippen LogP contribution in [0.25, 0.3) is 0 Å². The summed E-state index contributed by atoms with van der Waals surface area (Å²) in [7, 11) is 0. The van der Waals surface area contributed by atoms with E-state index in [-0.39, 0.29) is 24.1 Å². The Bertz CT molecular complexity index is 720.